The van der Waals surface area contributed by atoms with Gasteiger partial charge in [0.05, 0.1) is 0 Å². The van der Waals surface area contributed by atoms with Crippen molar-refractivity contribution < 1.29 is 5.11 Å². The first-order valence-electron chi connectivity index (χ1n) is 7.14. The van der Waals surface area contributed by atoms with Crippen molar-refractivity contribution in [2.75, 3.05) is 0 Å². The van der Waals surface area contributed by atoms with E-state index in [2.05, 4.69) is 59.0 Å². The van der Waals surface area contributed by atoms with Gasteiger partial charge in [-0.3, -0.25) is 0 Å². The lowest BCUT2D eigenvalue weighted by molar-refractivity contribution is 0.478. The van der Waals surface area contributed by atoms with Crippen molar-refractivity contribution in [1.82, 2.24) is 0 Å². The van der Waals surface area contributed by atoms with Crippen molar-refractivity contribution in [2.24, 2.45) is 0 Å². The molecule has 0 saturated carbocycles. The zero-order valence-electron chi connectivity index (χ0n) is 11.8. The Kier molecular flexibility index (Phi) is 3.26. The van der Waals surface area contributed by atoms with Crippen molar-refractivity contribution in [3.8, 4) is 16.9 Å². The number of phenolic OH excluding ortho intramolecular Hbond substituents is 1. The third-order valence-electron chi connectivity index (χ3n) is 4.04. The van der Waals surface area contributed by atoms with Gasteiger partial charge in [-0.1, -0.05) is 60.7 Å². The number of aromatic hydroxyl groups is 1. The van der Waals surface area contributed by atoms with Crippen LogP contribution >= 0.6 is 22.6 Å². The molecule has 0 saturated heterocycles. The van der Waals surface area contributed by atoms with Gasteiger partial charge in [-0.05, 0) is 56.3 Å². The van der Waals surface area contributed by atoms with Crippen LogP contribution in [0.4, 0.5) is 0 Å². The maximum absolute atomic E-state index is 10.5. The lowest BCUT2D eigenvalue weighted by atomic mass is 9.93. The molecule has 0 aliphatic carbocycles. The number of phenols is 1. The van der Waals surface area contributed by atoms with E-state index in [1.54, 1.807) is 6.07 Å². The highest BCUT2D eigenvalue weighted by molar-refractivity contribution is 14.1. The Balaban J connectivity index is 2.21. The van der Waals surface area contributed by atoms with Gasteiger partial charge >= 0.3 is 0 Å². The number of halogens is 1. The van der Waals surface area contributed by atoms with Crippen LogP contribution in [0.2, 0.25) is 0 Å². The van der Waals surface area contributed by atoms with Crippen LogP contribution in [-0.4, -0.2) is 5.11 Å². The summed E-state index contributed by atoms with van der Waals surface area (Å²) < 4.78 is 1.14. The normalized spacial score (nSPS) is 11.1. The van der Waals surface area contributed by atoms with E-state index in [9.17, 15) is 5.11 Å². The Morgan fingerprint density at radius 2 is 1.14 bits per heavy atom. The van der Waals surface area contributed by atoms with Crippen molar-refractivity contribution in [3.05, 3.63) is 76.4 Å². The summed E-state index contributed by atoms with van der Waals surface area (Å²) in [6, 6.07) is 24.5. The highest BCUT2D eigenvalue weighted by Crippen LogP contribution is 2.42. The topological polar surface area (TPSA) is 20.2 Å². The predicted molar refractivity (Wildman–Crippen MR) is 101 cm³/mol. The Labute approximate surface area is 142 Å². The van der Waals surface area contributed by atoms with E-state index in [0.29, 0.717) is 5.75 Å². The van der Waals surface area contributed by atoms with E-state index in [1.807, 2.05) is 30.3 Å². The van der Waals surface area contributed by atoms with Gasteiger partial charge in [0, 0.05) is 14.7 Å². The van der Waals surface area contributed by atoms with Gasteiger partial charge in [-0.15, -0.1) is 0 Å². The lowest BCUT2D eigenvalue weighted by Crippen LogP contribution is -1.89. The molecule has 0 atom stereocenters. The minimum absolute atomic E-state index is 0.327. The van der Waals surface area contributed by atoms with Gasteiger partial charge in [-0.2, -0.15) is 0 Å². The molecule has 0 aromatic heterocycles. The zero-order chi connectivity index (χ0) is 15.1. The van der Waals surface area contributed by atoms with Crippen molar-refractivity contribution in [3.63, 3.8) is 0 Å². The molecule has 4 aromatic carbocycles. The van der Waals surface area contributed by atoms with E-state index in [4.69, 9.17) is 0 Å². The highest BCUT2D eigenvalue weighted by Gasteiger charge is 2.15. The third kappa shape index (κ3) is 2.06. The van der Waals surface area contributed by atoms with Crippen LogP contribution in [0.15, 0.2) is 72.8 Å². The molecule has 1 N–H and O–H groups in total. The molecule has 22 heavy (non-hydrogen) atoms. The van der Waals surface area contributed by atoms with E-state index in [1.165, 1.54) is 10.8 Å². The molecular formula is C20H13IO. The fourth-order valence-corrected chi connectivity index (χ4v) is 3.76. The second-order valence-corrected chi connectivity index (χ2v) is 6.49. The number of hydrogen-bond acceptors (Lipinski definition) is 1. The van der Waals surface area contributed by atoms with Gasteiger partial charge in [0.2, 0.25) is 0 Å². The van der Waals surface area contributed by atoms with Gasteiger partial charge < -0.3 is 5.11 Å². The highest BCUT2D eigenvalue weighted by atomic mass is 127. The molecule has 0 aliphatic heterocycles. The summed E-state index contributed by atoms with van der Waals surface area (Å²) >= 11 is 2.35. The Morgan fingerprint density at radius 1 is 0.591 bits per heavy atom. The molecule has 106 valence electrons. The first-order valence-corrected chi connectivity index (χ1v) is 8.22. The first-order chi connectivity index (χ1) is 10.8. The molecule has 0 heterocycles. The van der Waals surface area contributed by atoms with Crippen molar-refractivity contribution in [2.45, 2.75) is 0 Å². The number of hydrogen-bond donors (Lipinski definition) is 1. The molecule has 0 aliphatic rings. The predicted octanol–water partition coefficient (Wildman–Crippen LogP) is 5.97. The fraction of sp³-hybridized carbons (Fsp3) is 0. The standard InChI is InChI=1S/C20H13IO/c21-17-11-9-13-5-1-3-7-15(13)19(17)20-16-8-4-2-6-14(16)10-12-18(20)22/h1-12,22H. The van der Waals surface area contributed by atoms with Crippen LogP contribution in [0.5, 0.6) is 5.75 Å². The van der Waals surface area contributed by atoms with E-state index in [0.717, 1.165) is 25.5 Å². The third-order valence-corrected chi connectivity index (χ3v) is 4.93. The van der Waals surface area contributed by atoms with Crippen LogP contribution in [0, 0.1) is 3.57 Å². The van der Waals surface area contributed by atoms with Crippen LogP contribution in [0.25, 0.3) is 32.7 Å². The molecule has 4 aromatic rings. The average molecular weight is 396 g/mol. The summed E-state index contributed by atoms with van der Waals surface area (Å²) in [4.78, 5) is 0. The summed E-state index contributed by atoms with van der Waals surface area (Å²) in [5.74, 6) is 0.327. The maximum Gasteiger partial charge on any atom is 0.124 e. The second-order valence-electron chi connectivity index (χ2n) is 5.32. The summed E-state index contributed by atoms with van der Waals surface area (Å²) in [5.41, 5.74) is 2.02. The molecule has 0 fully saturated rings. The van der Waals surface area contributed by atoms with Gasteiger partial charge in [-0.25, -0.2) is 0 Å². The minimum Gasteiger partial charge on any atom is -0.507 e. The molecule has 1 nitrogen and oxygen atoms in total. The number of benzene rings is 4. The summed E-state index contributed by atoms with van der Waals surface area (Å²) in [6.45, 7) is 0. The molecule has 4 rings (SSSR count). The Hall–Kier alpha value is -2.07. The second kappa shape index (κ2) is 5.29. The van der Waals surface area contributed by atoms with Gasteiger partial charge in [0.1, 0.15) is 5.75 Å². The van der Waals surface area contributed by atoms with E-state index >= 15 is 0 Å². The first kappa shape index (κ1) is 13.6. The van der Waals surface area contributed by atoms with E-state index < -0.39 is 0 Å². The van der Waals surface area contributed by atoms with Crippen molar-refractivity contribution >= 4 is 44.1 Å². The Morgan fingerprint density at radius 3 is 1.82 bits per heavy atom. The molecule has 0 unspecified atom stereocenters. The fourth-order valence-electron chi connectivity index (χ4n) is 3.02. The summed E-state index contributed by atoms with van der Waals surface area (Å²) in [7, 11) is 0. The SMILES string of the molecule is Oc1ccc2ccccc2c1-c1c(I)ccc2ccccc12. The summed E-state index contributed by atoms with van der Waals surface area (Å²) in [6.07, 6.45) is 0. The number of fused-ring (bicyclic) bond motifs is 2. The number of rotatable bonds is 1. The minimum atomic E-state index is 0.327. The molecular weight excluding hydrogens is 383 g/mol. The molecule has 0 radical (unpaired) electrons. The van der Waals surface area contributed by atoms with Gasteiger partial charge in [0.15, 0.2) is 0 Å². The van der Waals surface area contributed by atoms with E-state index in [-0.39, 0.29) is 0 Å². The smallest absolute Gasteiger partial charge is 0.124 e. The average Bonchev–Trinajstić information content (AvgIpc) is 2.56. The largest absolute Gasteiger partial charge is 0.507 e. The monoisotopic (exact) mass is 396 g/mol. The molecule has 0 amide bonds. The van der Waals surface area contributed by atoms with Gasteiger partial charge in [0.25, 0.3) is 0 Å². The zero-order valence-corrected chi connectivity index (χ0v) is 13.9. The molecule has 0 spiro atoms. The Bertz CT molecular complexity index is 922. The summed E-state index contributed by atoms with van der Waals surface area (Å²) in [5, 5.41) is 15.1. The maximum atomic E-state index is 10.5. The quantitative estimate of drug-likeness (QED) is 0.393. The lowest BCUT2D eigenvalue weighted by Gasteiger charge is -2.14. The van der Waals surface area contributed by atoms with Crippen LogP contribution in [-0.2, 0) is 0 Å². The van der Waals surface area contributed by atoms with Crippen LogP contribution in [0.1, 0.15) is 0 Å². The van der Waals surface area contributed by atoms with Crippen molar-refractivity contribution in [1.29, 1.82) is 0 Å². The van der Waals surface area contributed by atoms with Crippen LogP contribution < -0.4 is 0 Å². The van der Waals surface area contributed by atoms with Crippen LogP contribution in [0.3, 0.4) is 0 Å². The molecule has 2 heteroatoms. The molecule has 0 bridgehead atoms.